The molecule has 0 saturated carbocycles. The van der Waals surface area contributed by atoms with E-state index in [1.54, 1.807) is 38.7 Å². The lowest BCUT2D eigenvalue weighted by atomic mass is 9.90. The van der Waals surface area contributed by atoms with Crippen LogP contribution in [0.5, 0.6) is 11.5 Å². The van der Waals surface area contributed by atoms with E-state index in [2.05, 4.69) is 118 Å². The van der Waals surface area contributed by atoms with Gasteiger partial charge in [0.15, 0.2) is 11.5 Å². The number of nitrogens with zero attached hydrogens (tertiary/aromatic N) is 5. The standard InChI is InChI=1S/C126H185N5O4S8/c1-11-19-27-35-42-46-50-54-59-67-77-95-99-88-92(9)136-121(99)96(78-68-60-55-51-47-43-36-28-20-12-2)100-89-107(139-122(95)100)103-81-83-105(137-103)110-113-114(126(133)131(125(113)132)85-73-76-94(74-65-34-26-18-8)75-66-58-39-31-23-15-5)111(117-116(110)128-143-129-117)106-84-82-104(138-106)108-90-101-97(79-69-61-56-52-48-44-37-29-21-13-3)124-102(98(123(101)140-108)80-70-62-57-53-49-45-38-30-22-14-4)91-109(141-124)112-118-115(127-142-130-118)93(10)119(134-86-71-63-40-32-24-16-6)120(112)135-87-72-64-41-33-25-17-7/h81-84,88-91,94H,11-80,85-87H2,1-10H3. The Morgan fingerprint density at radius 3 is 0.895 bits per heavy atom. The first-order valence-electron chi connectivity index (χ1n) is 59.4. The van der Waals surface area contributed by atoms with Crippen molar-refractivity contribution in [3.63, 3.8) is 0 Å². The molecule has 8 aromatic heterocycles. The highest BCUT2D eigenvalue weighted by Gasteiger charge is 2.44. The molecule has 17 heteroatoms. The average Bonchev–Trinajstić information content (AvgIpc) is 1.55. The quantitative estimate of drug-likeness (QED) is 0.0274. The van der Waals surface area contributed by atoms with E-state index in [-0.39, 0.29) is 11.8 Å². The summed E-state index contributed by atoms with van der Waals surface area (Å²) in [5.74, 6) is 1.92. The molecule has 0 bridgehead atoms. The van der Waals surface area contributed by atoms with Gasteiger partial charge in [0, 0.05) is 81.1 Å². The van der Waals surface area contributed by atoms with Crippen molar-refractivity contribution in [3.05, 3.63) is 92.4 Å². The molecule has 2 amide bonds. The SMILES string of the molecule is CCCCCCCCCCCCc1c2cc(-c3ccc(-c4c5c(c(-c6ccc(-c7cc8c(CCCCCCCCCCCC)c9sc(-c%10c(OCCCCCCCC)c(OCCCCCCCC)c(C)c%11nsnc%10%11)cc9c(CCCCCCCCCCCC)c8s7)s6)c6nsnc46)C(=O)N(CCCC(CCCCCC)CCCCCCCC)C5=O)s3)sc2c(CCCCCCCCCCCC)c2cc(C)sc12. The second-order valence-corrected chi connectivity index (χ2v) is 50.8. The van der Waals surface area contributed by atoms with E-state index in [0.717, 1.165) is 143 Å². The molecule has 1 atom stereocenters. The molecule has 0 N–H and O–H groups in total. The van der Waals surface area contributed by atoms with Crippen LogP contribution < -0.4 is 9.47 Å². The van der Waals surface area contributed by atoms with E-state index in [1.165, 1.54) is 477 Å². The van der Waals surface area contributed by atoms with Crippen LogP contribution in [0.25, 0.3) is 113 Å². The number of carbonyl (C=O) groups is 2. The summed E-state index contributed by atoms with van der Waals surface area (Å²) >= 11 is 14.1. The Morgan fingerprint density at radius 2 is 0.531 bits per heavy atom. The Balaban J connectivity index is 0.908. The molecule has 12 aromatic rings. The summed E-state index contributed by atoms with van der Waals surface area (Å²) in [5, 5.41) is 5.73. The normalized spacial score (nSPS) is 12.8. The molecule has 786 valence electrons. The lowest BCUT2D eigenvalue weighted by Gasteiger charge is -2.19. The largest absolute Gasteiger partial charge is 0.489 e. The van der Waals surface area contributed by atoms with E-state index in [0.29, 0.717) is 36.8 Å². The van der Waals surface area contributed by atoms with Crippen molar-refractivity contribution in [2.24, 2.45) is 5.92 Å². The molecule has 0 aliphatic carbocycles. The number of aryl methyl sites for hydroxylation is 6. The van der Waals surface area contributed by atoms with E-state index in [4.69, 9.17) is 27.0 Å². The Bertz CT molecular complexity index is 5560. The number of aromatic nitrogens is 4. The zero-order chi connectivity index (χ0) is 100.0. The van der Waals surface area contributed by atoms with Gasteiger partial charge in [0.25, 0.3) is 11.8 Å². The molecule has 9 nitrogen and oxygen atoms in total. The molecule has 143 heavy (non-hydrogen) atoms. The van der Waals surface area contributed by atoms with Crippen LogP contribution in [0, 0.1) is 19.8 Å². The smallest absolute Gasteiger partial charge is 0.262 e. The highest BCUT2D eigenvalue weighted by atomic mass is 32.1. The van der Waals surface area contributed by atoms with Gasteiger partial charge in [-0.25, -0.2) is 0 Å². The zero-order valence-electron chi connectivity index (χ0n) is 90.9. The van der Waals surface area contributed by atoms with Gasteiger partial charge in [0.05, 0.1) is 53.4 Å². The molecule has 1 aliphatic heterocycles. The van der Waals surface area contributed by atoms with Crippen LogP contribution in [0.1, 0.15) is 533 Å². The number of carbonyl (C=O) groups excluding carboxylic acids is 2. The van der Waals surface area contributed by atoms with Crippen molar-refractivity contribution in [1.29, 1.82) is 0 Å². The number of fused-ring (bicyclic) bond motifs is 7. The number of hydrogen-bond donors (Lipinski definition) is 0. The third-order valence-corrected chi connectivity index (χ3v) is 39.8. The minimum absolute atomic E-state index is 0.175. The maximum absolute atomic E-state index is 16.5. The van der Waals surface area contributed by atoms with Gasteiger partial charge in [0.2, 0.25) is 0 Å². The Kier molecular flexibility index (Phi) is 51.5. The van der Waals surface area contributed by atoms with Crippen LogP contribution >= 0.6 is 91.5 Å². The summed E-state index contributed by atoms with van der Waals surface area (Å²) in [6, 6.07) is 19.5. The zero-order valence-corrected chi connectivity index (χ0v) is 97.5. The van der Waals surface area contributed by atoms with Crippen LogP contribution in [0.2, 0.25) is 0 Å². The highest BCUT2D eigenvalue weighted by Crippen LogP contribution is 2.56. The number of hydrogen-bond acceptors (Lipinski definition) is 16. The number of imide groups is 1. The summed E-state index contributed by atoms with van der Waals surface area (Å²) in [6.45, 7) is 24.7. The molecule has 0 spiro atoms. The van der Waals surface area contributed by atoms with Gasteiger partial charge < -0.3 is 9.47 Å². The van der Waals surface area contributed by atoms with Gasteiger partial charge in [0.1, 0.15) is 22.1 Å². The van der Waals surface area contributed by atoms with Gasteiger partial charge in [-0.3, -0.25) is 14.5 Å². The van der Waals surface area contributed by atoms with Crippen LogP contribution in [0.4, 0.5) is 0 Å². The highest BCUT2D eigenvalue weighted by molar-refractivity contribution is 7.28. The molecule has 13 rings (SSSR count). The summed E-state index contributed by atoms with van der Waals surface area (Å²) in [6.07, 6.45) is 87.9. The van der Waals surface area contributed by atoms with Crippen LogP contribution in [-0.4, -0.2) is 54.0 Å². The van der Waals surface area contributed by atoms with Crippen molar-refractivity contribution < 1.29 is 19.1 Å². The van der Waals surface area contributed by atoms with Crippen molar-refractivity contribution >= 4 is 166 Å². The van der Waals surface area contributed by atoms with Crippen molar-refractivity contribution in [2.45, 2.75) is 519 Å². The van der Waals surface area contributed by atoms with Gasteiger partial charge >= 0.3 is 0 Å². The number of rotatable bonds is 81. The van der Waals surface area contributed by atoms with Crippen LogP contribution in [0.15, 0.2) is 48.5 Å². The summed E-state index contributed by atoms with van der Waals surface area (Å²) in [5.41, 5.74) is 14.0. The summed E-state index contributed by atoms with van der Waals surface area (Å²) in [7, 11) is 0. The van der Waals surface area contributed by atoms with Crippen molar-refractivity contribution in [3.8, 4) is 62.3 Å². The fraction of sp³-hybridized carbons (Fsp3) is 0.667. The lowest BCUT2D eigenvalue weighted by molar-refractivity contribution is 0.0649. The molecule has 0 saturated heterocycles. The first kappa shape index (κ1) is 115. The monoisotopic (exact) mass is 2090 g/mol. The Hall–Kier alpha value is -5.50. The maximum atomic E-state index is 16.5. The number of ether oxygens (including phenoxy) is 2. The molecular formula is C126H185N5O4S8. The second kappa shape index (κ2) is 64.3. The summed E-state index contributed by atoms with van der Waals surface area (Å²) in [4.78, 5) is 44.0. The molecular weight excluding hydrogens is 1900 g/mol. The van der Waals surface area contributed by atoms with Gasteiger partial charge in [-0.05, 0) is 189 Å². The maximum Gasteiger partial charge on any atom is 0.262 e. The Labute approximate surface area is 898 Å². The number of thiophene rings is 6. The van der Waals surface area contributed by atoms with E-state index in [9.17, 15) is 0 Å². The Morgan fingerprint density at radius 1 is 0.259 bits per heavy atom. The van der Waals surface area contributed by atoms with Crippen molar-refractivity contribution in [2.75, 3.05) is 19.8 Å². The lowest BCUT2D eigenvalue weighted by Crippen LogP contribution is -2.31. The minimum Gasteiger partial charge on any atom is -0.489 e. The molecule has 1 unspecified atom stereocenters. The molecule has 0 radical (unpaired) electrons. The third-order valence-electron chi connectivity index (χ3n) is 31.4. The van der Waals surface area contributed by atoms with Gasteiger partial charge in [-0.15, -0.1) is 68.0 Å². The minimum atomic E-state index is -0.178. The number of amides is 2. The summed E-state index contributed by atoms with van der Waals surface area (Å²) < 4.78 is 41.3. The van der Waals surface area contributed by atoms with E-state index in [1.807, 2.05) is 45.3 Å². The molecule has 0 fully saturated rings. The predicted octanol–water partition coefficient (Wildman–Crippen LogP) is 44.7. The molecule has 1 aliphatic rings. The first-order chi connectivity index (χ1) is 70.5. The van der Waals surface area contributed by atoms with Crippen LogP contribution in [-0.2, 0) is 25.7 Å². The molecule has 9 heterocycles. The van der Waals surface area contributed by atoms with Crippen LogP contribution in [0.3, 0.4) is 0 Å². The second-order valence-electron chi connectivity index (χ2n) is 43.1. The van der Waals surface area contributed by atoms with E-state index >= 15 is 9.59 Å². The first-order valence-corrected chi connectivity index (χ1v) is 65.8. The topological polar surface area (TPSA) is 107 Å². The van der Waals surface area contributed by atoms with Gasteiger partial charge in [-0.2, -0.15) is 17.5 Å². The number of unbranched alkanes of at least 4 members (excludes halogenated alkanes) is 54. The third kappa shape index (κ3) is 32.8. The van der Waals surface area contributed by atoms with Gasteiger partial charge in [-0.1, -0.05) is 428 Å². The number of benzene rings is 4. The fourth-order valence-corrected chi connectivity index (χ4v) is 31.4. The molecule has 4 aromatic carbocycles. The van der Waals surface area contributed by atoms with Crippen molar-refractivity contribution in [1.82, 2.24) is 22.4 Å². The predicted molar refractivity (Wildman–Crippen MR) is 637 cm³/mol. The average molecular weight is 2090 g/mol. The van der Waals surface area contributed by atoms with E-state index < -0.39 is 0 Å². The fourth-order valence-electron chi connectivity index (χ4n) is 23.0.